The highest BCUT2D eigenvalue weighted by Gasteiger charge is 2.66. The molecule has 4 saturated carbocycles. The molecule has 12 heteroatoms. The fraction of sp³-hybridized carbons (Fsp3) is 0.614. The third kappa shape index (κ3) is 8.17. The van der Waals surface area contributed by atoms with Gasteiger partial charge in [0.05, 0.1) is 24.0 Å². The molecule has 1 amide bonds. The Labute approximate surface area is 330 Å². The number of fused-ring (bicyclic) bond motifs is 1. The lowest BCUT2D eigenvalue weighted by molar-refractivity contribution is -0.247. The molecule has 3 aromatic rings. The molecular weight excluding hydrogens is 711 g/mol. The zero-order valence-electron chi connectivity index (χ0n) is 34.6. The van der Waals surface area contributed by atoms with E-state index in [-0.39, 0.29) is 33.1 Å². The summed E-state index contributed by atoms with van der Waals surface area (Å²) in [5.74, 6) is -0.888. The third-order valence-electron chi connectivity index (χ3n) is 12.0. The minimum atomic E-state index is -0.957. The van der Waals surface area contributed by atoms with Gasteiger partial charge in [-0.15, -0.1) is 0 Å². The molecule has 0 spiro atoms. The smallest absolute Gasteiger partial charge is 0.407 e. The predicted molar refractivity (Wildman–Crippen MR) is 213 cm³/mol. The van der Waals surface area contributed by atoms with Gasteiger partial charge in [-0.1, -0.05) is 26.0 Å². The Bertz CT molecular complexity index is 2020. The van der Waals surface area contributed by atoms with Crippen LogP contribution in [0.15, 0.2) is 36.5 Å². The number of alkyl carbamates (subject to hydrolysis) is 1. The van der Waals surface area contributed by atoms with E-state index in [2.05, 4.69) is 30.8 Å². The van der Waals surface area contributed by atoms with Crippen LogP contribution in [-0.4, -0.2) is 74.4 Å². The quantitative estimate of drug-likeness (QED) is 0.153. The largest absolute Gasteiger partial charge is 0.478 e. The molecule has 0 saturated heterocycles. The van der Waals surface area contributed by atoms with Crippen molar-refractivity contribution >= 4 is 23.8 Å². The fourth-order valence-electron chi connectivity index (χ4n) is 11.4. The molecule has 0 radical (unpaired) electrons. The van der Waals surface area contributed by atoms with Gasteiger partial charge in [0.2, 0.25) is 0 Å². The van der Waals surface area contributed by atoms with E-state index in [0.717, 1.165) is 61.0 Å². The topological polar surface area (TPSA) is 145 Å². The van der Waals surface area contributed by atoms with Gasteiger partial charge < -0.3 is 29.5 Å². The van der Waals surface area contributed by atoms with Crippen LogP contribution in [0.1, 0.15) is 132 Å². The second-order valence-electron chi connectivity index (χ2n) is 19.9. The SMILES string of the molecule is Cc1c(-c2ccc(N3CCc4cccc(C(=O)O)c4C3)nc2C(=O)OC(C)(C)C)cnn1CC12CC3(C)CC(C)(C1)CC(OCCNC(=O)OC(C)(C)C)(C3)C2. The van der Waals surface area contributed by atoms with Crippen LogP contribution >= 0.6 is 0 Å². The number of aromatic carboxylic acids is 1. The van der Waals surface area contributed by atoms with E-state index in [1.54, 1.807) is 12.1 Å². The van der Waals surface area contributed by atoms with Crippen LogP contribution in [0.5, 0.6) is 0 Å². The summed E-state index contributed by atoms with van der Waals surface area (Å²) in [5, 5.41) is 17.7. The highest BCUT2D eigenvalue weighted by atomic mass is 16.6. The van der Waals surface area contributed by atoms with Gasteiger partial charge in [0.1, 0.15) is 17.0 Å². The molecule has 302 valence electrons. The van der Waals surface area contributed by atoms with Crippen LogP contribution in [-0.2, 0) is 33.7 Å². The van der Waals surface area contributed by atoms with Gasteiger partial charge in [-0.05, 0) is 139 Å². The zero-order chi connectivity index (χ0) is 40.5. The number of carbonyl (C=O) groups is 3. The van der Waals surface area contributed by atoms with Gasteiger partial charge in [-0.25, -0.2) is 19.4 Å². The van der Waals surface area contributed by atoms with Crippen molar-refractivity contribution in [2.24, 2.45) is 16.2 Å². The summed E-state index contributed by atoms with van der Waals surface area (Å²) in [5.41, 5.74) is 3.37. The number of rotatable bonds is 10. The molecule has 2 atom stereocenters. The molecule has 56 heavy (non-hydrogen) atoms. The average molecular weight is 770 g/mol. The van der Waals surface area contributed by atoms with E-state index in [4.69, 9.17) is 24.3 Å². The normalized spacial score (nSPS) is 26.8. The Morgan fingerprint density at radius 1 is 0.893 bits per heavy atom. The van der Waals surface area contributed by atoms with E-state index in [1.807, 2.05) is 70.8 Å². The van der Waals surface area contributed by atoms with Crippen molar-refractivity contribution in [3.63, 3.8) is 0 Å². The summed E-state index contributed by atoms with van der Waals surface area (Å²) in [6.07, 6.45) is 8.37. The molecule has 1 aromatic carbocycles. The number of carboxylic acids is 1. The number of ether oxygens (including phenoxy) is 3. The number of esters is 1. The van der Waals surface area contributed by atoms with Gasteiger partial charge in [0, 0.05) is 43.0 Å². The van der Waals surface area contributed by atoms with Gasteiger partial charge in [0.15, 0.2) is 5.69 Å². The van der Waals surface area contributed by atoms with Crippen LogP contribution in [0.4, 0.5) is 10.6 Å². The molecule has 2 N–H and O–H groups in total. The van der Waals surface area contributed by atoms with Crippen LogP contribution < -0.4 is 10.2 Å². The summed E-state index contributed by atoms with van der Waals surface area (Å²) in [6.45, 7) is 20.5. The maximum atomic E-state index is 13.9. The van der Waals surface area contributed by atoms with Crippen molar-refractivity contribution in [2.45, 2.75) is 137 Å². The molecule has 12 nitrogen and oxygen atoms in total. The molecule has 2 aromatic heterocycles. The van der Waals surface area contributed by atoms with E-state index >= 15 is 0 Å². The fourth-order valence-corrected chi connectivity index (χ4v) is 11.4. The number of hydrogen-bond acceptors (Lipinski definition) is 9. The molecular formula is C44H59N5O7. The maximum absolute atomic E-state index is 13.9. The summed E-state index contributed by atoms with van der Waals surface area (Å²) in [6, 6.07) is 9.24. The number of nitrogens with zero attached hydrogens (tertiary/aromatic N) is 4. The Kier molecular flexibility index (Phi) is 9.86. The molecule has 8 rings (SSSR count). The Hall–Kier alpha value is -4.45. The average Bonchev–Trinajstić information content (AvgIpc) is 3.41. The van der Waals surface area contributed by atoms with Gasteiger partial charge in [-0.2, -0.15) is 5.10 Å². The van der Waals surface area contributed by atoms with Crippen molar-refractivity contribution in [1.82, 2.24) is 20.1 Å². The standard InChI is InChI=1S/C44H59N5O7/c1-28-32(30-13-14-34(47-35(30)37(52)55-39(2,3)4)48-17-15-29-11-10-12-31(36(50)51)33(29)20-48)19-46-49(28)27-43-22-41(8)21-42(9,23-43)25-44(24-41,26-43)54-18-16-45-38(53)56-40(5,6)7/h10-14,19H,15-18,20-27H2,1-9H3,(H,45,53)(H,50,51). The second kappa shape index (κ2) is 13.9. The number of pyridine rings is 1. The summed E-state index contributed by atoms with van der Waals surface area (Å²) in [4.78, 5) is 45.2. The first-order valence-corrected chi connectivity index (χ1v) is 20.0. The minimum absolute atomic E-state index is 0.0274. The van der Waals surface area contributed by atoms with Crippen LogP contribution in [0.25, 0.3) is 11.1 Å². The third-order valence-corrected chi connectivity index (χ3v) is 12.0. The summed E-state index contributed by atoms with van der Waals surface area (Å²) < 4.78 is 20.3. The lowest BCUT2D eigenvalue weighted by Crippen LogP contribution is -2.64. The number of hydrogen-bond donors (Lipinski definition) is 2. The number of aromatic nitrogens is 3. The number of carboxylic acid groups (broad SMARTS) is 1. The zero-order valence-corrected chi connectivity index (χ0v) is 34.6. The minimum Gasteiger partial charge on any atom is -0.478 e. The van der Waals surface area contributed by atoms with Crippen molar-refractivity contribution in [3.8, 4) is 11.1 Å². The number of benzene rings is 1. The van der Waals surface area contributed by atoms with E-state index in [1.165, 1.54) is 6.42 Å². The molecule has 5 aliphatic rings. The summed E-state index contributed by atoms with van der Waals surface area (Å²) >= 11 is 0. The molecule has 4 aliphatic carbocycles. The monoisotopic (exact) mass is 769 g/mol. The second-order valence-corrected chi connectivity index (χ2v) is 19.9. The van der Waals surface area contributed by atoms with Gasteiger partial charge in [-0.3, -0.25) is 4.68 Å². The number of carbonyl (C=O) groups excluding carboxylic acids is 2. The number of amides is 1. The molecule has 2 unspecified atom stereocenters. The first-order valence-electron chi connectivity index (χ1n) is 20.0. The van der Waals surface area contributed by atoms with Crippen LogP contribution in [0, 0.1) is 23.2 Å². The summed E-state index contributed by atoms with van der Waals surface area (Å²) in [7, 11) is 0. The first kappa shape index (κ1) is 39.8. The molecule has 3 heterocycles. The highest BCUT2D eigenvalue weighted by Crippen LogP contribution is 2.72. The van der Waals surface area contributed by atoms with E-state index in [0.29, 0.717) is 44.0 Å². The van der Waals surface area contributed by atoms with Crippen molar-refractivity contribution in [2.75, 3.05) is 24.6 Å². The number of nitrogens with one attached hydrogen (secondary N) is 1. The van der Waals surface area contributed by atoms with Crippen molar-refractivity contribution in [1.29, 1.82) is 0 Å². The van der Waals surface area contributed by atoms with Crippen molar-refractivity contribution < 1.29 is 33.7 Å². The van der Waals surface area contributed by atoms with Gasteiger partial charge in [0.25, 0.3) is 0 Å². The van der Waals surface area contributed by atoms with Crippen LogP contribution in [0.3, 0.4) is 0 Å². The van der Waals surface area contributed by atoms with E-state index < -0.39 is 29.2 Å². The van der Waals surface area contributed by atoms with Crippen LogP contribution in [0.2, 0.25) is 0 Å². The maximum Gasteiger partial charge on any atom is 0.407 e. The molecule has 1 aliphatic heterocycles. The Morgan fingerprint density at radius 2 is 1.59 bits per heavy atom. The highest BCUT2D eigenvalue weighted by molar-refractivity contribution is 5.96. The molecule has 4 bridgehead atoms. The Morgan fingerprint density at radius 3 is 2.25 bits per heavy atom. The first-order chi connectivity index (χ1) is 26.1. The lowest BCUT2D eigenvalue weighted by Gasteiger charge is -2.69. The van der Waals surface area contributed by atoms with Crippen molar-refractivity contribution in [3.05, 3.63) is 64.6 Å². The molecule has 4 fully saturated rings. The van der Waals surface area contributed by atoms with E-state index in [9.17, 15) is 19.5 Å². The lowest BCUT2D eigenvalue weighted by atomic mass is 9.39. The predicted octanol–water partition coefficient (Wildman–Crippen LogP) is 8.13. The number of anilines is 1. The van der Waals surface area contributed by atoms with Gasteiger partial charge >= 0.3 is 18.0 Å². The Balaban J connectivity index is 1.15.